The van der Waals surface area contributed by atoms with Crippen LogP contribution in [-0.4, -0.2) is 57.4 Å². The zero-order chi connectivity index (χ0) is 8.10. The molecule has 60 valence electrons. The van der Waals surface area contributed by atoms with Crippen molar-refractivity contribution in [2.75, 3.05) is 0 Å². The monoisotopic (exact) mass is 192 g/mol. The molecule has 0 aliphatic carbocycles. The van der Waals surface area contributed by atoms with Crippen molar-refractivity contribution in [1.29, 1.82) is 0 Å². The van der Waals surface area contributed by atoms with Crippen LogP contribution in [0.25, 0.3) is 0 Å². The van der Waals surface area contributed by atoms with Crippen LogP contribution in [0.4, 0.5) is 0 Å². The second-order valence-corrected chi connectivity index (χ2v) is 1.97. The fourth-order valence-electron chi connectivity index (χ4n) is 0.583. The van der Waals surface area contributed by atoms with Crippen LogP contribution in [0.5, 0.6) is 5.75 Å². The number of rotatable bonds is 2. The average molecular weight is 192 g/mol. The van der Waals surface area contributed by atoms with Gasteiger partial charge in [0.2, 0.25) is 0 Å². The van der Waals surface area contributed by atoms with Gasteiger partial charge in [-0.25, -0.2) is 4.79 Å². The van der Waals surface area contributed by atoms with E-state index in [9.17, 15) is 4.79 Å². The summed E-state index contributed by atoms with van der Waals surface area (Å²) in [5.41, 5.74) is 0. The number of benzene rings is 1. The molecule has 0 heterocycles. The molecule has 0 saturated carbocycles. The molecule has 0 fully saturated rings. The zero-order valence-corrected chi connectivity index (χ0v) is 6.11. The summed E-state index contributed by atoms with van der Waals surface area (Å²) < 4.78 is 0. The summed E-state index contributed by atoms with van der Waals surface area (Å²) in [6.07, 6.45) is 0. The molecule has 1 aromatic carbocycles. The molecule has 0 aliphatic rings. The molecule has 0 aliphatic heterocycles. The zero-order valence-electron chi connectivity index (χ0n) is 6.11. The summed E-state index contributed by atoms with van der Waals surface area (Å²) in [5.74, 6) is 0.0524. The minimum atomic E-state index is -0.464. The molecule has 1 aromatic rings. The fourth-order valence-corrected chi connectivity index (χ4v) is 0.583. The van der Waals surface area contributed by atoms with Crippen LogP contribution in [0.3, 0.4) is 0 Å². The number of hydrogen-bond donors (Lipinski definition) is 0. The van der Waals surface area contributed by atoms with Crippen LogP contribution >= 0.6 is 0 Å². The third-order valence-corrected chi connectivity index (χ3v) is 0.998. The van der Waals surface area contributed by atoms with Gasteiger partial charge in [0, 0.05) is 6.92 Å². The summed E-state index contributed by atoms with van der Waals surface area (Å²) in [6, 6.07) is 8.82. The van der Waals surface area contributed by atoms with Gasteiger partial charge in [-0.1, -0.05) is 18.2 Å². The maximum atomic E-state index is 10.3. The van der Waals surface area contributed by atoms with E-state index < -0.39 is 5.97 Å². The molecule has 3 nitrogen and oxygen atoms in total. The third-order valence-electron chi connectivity index (χ3n) is 0.998. The van der Waals surface area contributed by atoms with Gasteiger partial charge in [-0.05, 0) is 12.1 Å². The Labute approximate surface area is 113 Å². The number of carbonyl (C=O) groups excluding carboxylic acids is 1. The summed E-state index contributed by atoms with van der Waals surface area (Å²) in [6.45, 7) is 1.28. The van der Waals surface area contributed by atoms with E-state index in [2.05, 4.69) is 9.78 Å². The summed E-state index contributed by atoms with van der Waals surface area (Å²) in [4.78, 5) is 19.2. The molecule has 1 rings (SSSR count). The van der Waals surface area contributed by atoms with Crippen LogP contribution < -0.4 is 4.89 Å². The van der Waals surface area contributed by atoms with Crippen molar-refractivity contribution in [1.82, 2.24) is 0 Å². The summed E-state index contributed by atoms with van der Waals surface area (Å²) in [7, 11) is 0. The normalized spacial score (nSPS) is 8.08. The van der Waals surface area contributed by atoms with Gasteiger partial charge in [0.15, 0.2) is 5.75 Å². The van der Waals surface area contributed by atoms with Crippen molar-refractivity contribution < 1.29 is 14.6 Å². The number of para-hydroxylation sites is 1. The number of hydrogen-bond acceptors (Lipinski definition) is 3. The van der Waals surface area contributed by atoms with E-state index in [1.807, 2.05) is 6.07 Å². The first-order valence-electron chi connectivity index (χ1n) is 3.19. The van der Waals surface area contributed by atoms with Gasteiger partial charge in [0.25, 0.3) is 0 Å². The molecule has 0 bridgehead atoms. The molecule has 0 spiro atoms. The predicted octanol–water partition coefficient (Wildman–Crippen LogP) is 0.895. The molecule has 0 atom stereocenters. The Bertz CT molecular complexity index is 235. The topological polar surface area (TPSA) is 35.5 Å². The fraction of sp³-hybridized carbons (Fsp3) is 0.125. The molecular formula is C8H9KO3. The van der Waals surface area contributed by atoms with E-state index in [-0.39, 0.29) is 51.4 Å². The van der Waals surface area contributed by atoms with Crippen LogP contribution in [0.1, 0.15) is 6.92 Å². The van der Waals surface area contributed by atoms with Gasteiger partial charge in [-0.15, -0.1) is 0 Å². The van der Waals surface area contributed by atoms with E-state index in [1.54, 1.807) is 24.3 Å². The summed E-state index contributed by atoms with van der Waals surface area (Å²) >= 11 is 0. The Kier molecular flexibility index (Phi) is 6.69. The molecule has 0 saturated heterocycles. The van der Waals surface area contributed by atoms with E-state index in [4.69, 9.17) is 0 Å². The minimum absolute atomic E-state index is 0. The van der Waals surface area contributed by atoms with E-state index in [0.717, 1.165) is 0 Å². The van der Waals surface area contributed by atoms with E-state index >= 15 is 0 Å². The van der Waals surface area contributed by atoms with Crippen LogP contribution in [0.2, 0.25) is 0 Å². The second-order valence-electron chi connectivity index (χ2n) is 1.97. The van der Waals surface area contributed by atoms with Crippen LogP contribution in [0, 0.1) is 0 Å². The second kappa shape index (κ2) is 6.62. The molecule has 0 aromatic heterocycles. The van der Waals surface area contributed by atoms with Gasteiger partial charge >= 0.3 is 57.4 Å². The quantitative estimate of drug-likeness (QED) is 0.396. The van der Waals surface area contributed by atoms with Crippen molar-refractivity contribution >= 4 is 57.4 Å². The standard InChI is InChI=1S/C8H8O3.K.H/c1-7(9)10-11-8-5-3-2-4-6-8;;/h2-6H,1H3;;. The van der Waals surface area contributed by atoms with Gasteiger partial charge in [-0.2, -0.15) is 0 Å². The molecule has 0 N–H and O–H groups in total. The summed E-state index contributed by atoms with van der Waals surface area (Å²) in [5, 5.41) is 0. The first kappa shape index (κ1) is 12.1. The molecule has 4 heteroatoms. The van der Waals surface area contributed by atoms with Gasteiger partial charge in [0.05, 0.1) is 0 Å². The number of carbonyl (C=O) groups is 1. The Morgan fingerprint density at radius 1 is 1.25 bits per heavy atom. The Hall–Kier alpha value is 0.126. The van der Waals surface area contributed by atoms with Crippen LogP contribution in [0.15, 0.2) is 30.3 Å². The Morgan fingerprint density at radius 2 is 1.83 bits per heavy atom. The van der Waals surface area contributed by atoms with Gasteiger partial charge < -0.3 is 0 Å². The molecule has 12 heavy (non-hydrogen) atoms. The first-order valence-corrected chi connectivity index (χ1v) is 3.19. The van der Waals surface area contributed by atoms with Gasteiger partial charge in [-0.3, -0.25) is 9.78 Å². The van der Waals surface area contributed by atoms with Crippen molar-refractivity contribution in [2.45, 2.75) is 6.92 Å². The first-order chi connectivity index (χ1) is 5.29. The van der Waals surface area contributed by atoms with E-state index in [0.29, 0.717) is 5.75 Å². The van der Waals surface area contributed by atoms with Crippen molar-refractivity contribution in [3.8, 4) is 5.75 Å². The van der Waals surface area contributed by atoms with Crippen molar-refractivity contribution in [3.05, 3.63) is 30.3 Å². The third kappa shape index (κ3) is 4.90. The van der Waals surface area contributed by atoms with E-state index in [1.165, 1.54) is 6.92 Å². The SMILES string of the molecule is CC(=O)OOc1ccccc1.[KH]. The molecule has 0 amide bonds. The Morgan fingerprint density at radius 3 is 2.33 bits per heavy atom. The molecular weight excluding hydrogens is 183 g/mol. The Balaban J connectivity index is 0.00000121. The average Bonchev–Trinajstić information content (AvgIpc) is 2.03. The maximum absolute atomic E-state index is 10.3. The van der Waals surface area contributed by atoms with Gasteiger partial charge in [0.1, 0.15) is 0 Å². The van der Waals surface area contributed by atoms with Crippen molar-refractivity contribution in [2.24, 2.45) is 0 Å². The molecule has 0 radical (unpaired) electrons. The van der Waals surface area contributed by atoms with Crippen molar-refractivity contribution in [3.63, 3.8) is 0 Å². The predicted molar refractivity (Wildman–Crippen MR) is 46.0 cm³/mol. The molecule has 0 unspecified atom stereocenters. The van der Waals surface area contributed by atoms with Crippen LogP contribution in [-0.2, 0) is 9.68 Å².